The summed E-state index contributed by atoms with van der Waals surface area (Å²) in [5.74, 6) is 0.721. The van der Waals surface area contributed by atoms with E-state index in [4.69, 9.17) is 22.7 Å². The lowest BCUT2D eigenvalue weighted by molar-refractivity contribution is 0.0699. The molecule has 0 aliphatic carbocycles. The van der Waals surface area contributed by atoms with Gasteiger partial charge in [-0.2, -0.15) is 0 Å². The van der Waals surface area contributed by atoms with Crippen LogP contribution in [0, 0.1) is 5.92 Å². The van der Waals surface area contributed by atoms with E-state index in [1.807, 2.05) is 24.3 Å². The van der Waals surface area contributed by atoms with Gasteiger partial charge < -0.3 is 15.8 Å². The van der Waals surface area contributed by atoms with Gasteiger partial charge in [-0.3, -0.25) is 0 Å². The Morgan fingerprint density at radius 3 is 2.53 bits per heavy atom. The third kappa shape index (κ3) is 3.68. The first-order valence-corrected chi connectivity index (χ1v) is 6.38. The van der Waals surface area contributed by atoms with Crippen LogP contribution in [-0.4, -0.2) is 24.7 Å². The molecule has 17 heavy (non-hydrogen) atoms. The molecule has 0 saturated carbocycles. The summed E-state index contributed by atoms with van der Waals surface area (Å²) in [6, 6.07) is 7.95. The second-order valence-corrected chi connectivity index (χ2v) is 4.82. The van der Waals surface area contributed by atoms with Crippen LogP contribution in [0.2, 0.25) is 0 Å². The fourth-order valence-electron chi connectivity index (χ4n) is 1.97. The van der Waals surface area contributed by atoms with Crippen molar-refractivity contribution in [2.24, 2.45) is 11.7 Å². The SMILES string of the molecule is NC(=S)c1ccc(NCC2CCOCC2)cc1. The molecule has 1 fully saturated rings. The van der Waals surface area contributed by atoms with E-state index in [9.17, 15) is 0 Å². The van der Waals surface area contributed by atoms with Gasteiger partial charge in [0.2, 0.25) is 0 Å². The minimum Gasteiger partial charge on any atom is -0.389 e. The van der Waals surface area contributed by atoms with Gasteiger partial charge in [0.05, 0.1) is 0 Å². The first kappa shape index (κ1) is 12.3. The van der Waals surface area contributed by atoms with E-state index in [-0.39, 0.29) is 0 Å². The summed E-state index contributed by atoms with van der Waals surface area (Å²) in [4.78, 5) is 0.445. The highest BCUT2D eigenvalue weighted by Gasteiger charge is 2.12. The van der Waals surface area contributed by atoms with Crippen LogP contribution in [0.15, 0.2) is 24.3 Å². The number of hydrogen-bond donors (Lipinski definition) is 2. The van der Waals surface area contributed by atoms with E-state index < -0.39 is 0 Å². The van der Waals surface area contributed by atoms with Gasteiger partial charge in [-0.05, 0) is 43.0 Å². The maximum absolute atomic E-state index is 5.55. The lowest BCUT2D eigenvalue weighted by Gasteiger charge is -2.22. The number of ether oxygens (including phenoxy) is 1. The summed E-state index contributed by atoms with van der Waals surface area (Å²) in [7, 11) is 0. The maximum atomic E-state index is 5.55. The summed E-state index contributed by atoms with van der Waals surface area (Å²) >= 11 is 4.92. The molecule has 0 radical (unpaired) electrons. The van der Waals surface area contributed by atoms with E-state index in [2.05, 4.69) is 5.32 Å². The van der Waals surface area contributed by atoms with Crippen LogP contribution in [0.25, 0.3) is 0 Å². The van der Waals surface area contributed by atoms with Crippen molar-refractivity contribution in [3.8, 4) is 0 Å². The van der Waals surface area contributed by atoms with E-state index in [0.29, 0.717) is 4.99 Å². The molecule has 0 bridgehead atoms. The molecule has 4 heteroatoms. The molecule has 0 atom stereocenters. The smallest absolute Gasteiger partial charge is 0.103 e. The molecule has 2 rings (SSSR count). The topological polar surface area (TPSA) is 47.3 Å². The van der Waals surface area contributed by atoms with Crippen molar-refractivity contribution in [3.63, 3.8) is 0 Å². The van der Waals surface area contributed by atoms with Gasteiger partial charge in [0.15, 0.2) is 0 Å². The Bertz CT molecular complexity index is 372. The Labute approximate surface area is 107 Å². The zero-order chi connectivity index (χ0) is 12.1. The van der Waals surface area contributed by atoms with Crippen molar-refractivity contribution in [1.82, 2.24) is 0 Å². The minimum absolute atomic E-state index is 0.445. The van der Waals surface area contributed by atoms with Crippen LogP contribution in [0.3, 0.4) is 0 Å². The Hall–Kier alpha value is -1.13. The quantitative estimate of drug-likeness (QED) is 0.804. The third-order valence-electron chi connectivity index (χ3n) is 3.11. The molecule has 0 amide bonds. The zero-order valence-electron chi connectivity index (χ0n) is 9.82. The largest absolute Gasteiger partial charge is 0.389 e. The third-order valence-corrected chi connectivity index (χ3v) is 3.34. The number of nitrogens with two attached hydrogens (primary N) is 1. The molecule has 0 spiro atoms. The molecular weight excluding hydrogens is 232 g/mol. The standard InChI is InChI=1S/C13H18N2OS/c14-13(17)11-1-3-12(4-2-11)15-9-10-5-7-16-8-6-10/h1-4,10,15H,5-9H2,(H2,14,17). The molecule has 1 aromatic carbocycles. The lowest BCUT2D eigenvalue weighted by atomic mass is 10.0. The Morgan fingerprint density at radius 1 is 1.29 bits per heavy atom. The normalized spacial score (nSPS) is 16.7. The predicted molar refractivity (Wildman–Crippen MR) is 74.4 cm³/mol. The number of hydrogen-bond acceptors (Lipinski definition) is 3. The molecule has 1 aromatic rings. The molecule has 1 saturated heterocycles. The number of anilines is 1. The van der Waals surface area contributed by atoms with E-state index in [0.717, 1.165) is 49.8 Å². The summed E-state index contributed by atoms with van der Waals surface area (Å²) in [5, 5.41) is 3.44. The molecule has 3 nitrogen and oxygen atoms in total. The van der Waals surface area contributed by atoms with Crippen molar-refractivity contribution in [2.45, 2.75) is 12.8 Å². The van der Waals surface area contributed by atoms with Crippen molar-refractivity contribution in [3.05, 3.63) is 29.8 Å². The van der Waals surface area contributed by atoms with Crippen LogP contribution < -0.4 is 11.1 Å². The van der Waals surface area contributed by atoms with Crippen LogP contribution in [0.4, 0.5) is 5.69 Å². The molecule has 1 heterocycles. The molecule has 0 unspecified atom stereocenters. The number of benzene rings is 1. The highest BCUT2D eigenvalue weighted by atomic mass is 32.1. The predicted octanol–water partition coefficient (Wildman–Crippen LogP) is 2.16. The van der Waals surface area contributed by atoms with E-state index >= 15 is 0 Å². The molecule has 1 aliphatic heterocycles. The average Bonchev–Trinajstić information content (AvgIpc) is 2.38. The molecular formula is C13H18N2OS. The van der Waals surface area contributed by atoms with Gasteiger partial charge in [-0.15, -0.1) is 0 Å². The molecule has 92 valence electrons. The molecule has 1 aliphatic rings. The highest BCUT2D eigenvalue weighted by molar-refractivity contribution is 7.80. The van der Waals surface area contributed by atoms with Gasteiger partial charge in [0.1, 0.15) is 4.99 Å². The van der Waals surface area contributed by atoms with E-state index in [1.165, 1.54) is 0 Å². The van der Waals surface area contributed by atoms with Crippen molar-refractivity contribution in [1.29, 1.82) is 0 Å². The Balaban J connectivity index is 1.84. The Kier molecular flexibility index (Phi) is 4.34. The summed E-state index contributed by atoms with van der Waals surface area (Å²) in [6.07, 6.45) is 2.30. The van der Waals surface area contributed by atoms with Crippen LogP contribution in [0.5, 0.6) is 0 Å². The van der Waals surface area contributed by atoms with Gasteiger partial charge in [0.25, 0.3) is 0 Å². The molecule has 3 N–H and O–H groups in total. The van der Waals surface area contributed by atoms with E-state index in [1.54, 1.807) is 0 Å². The first-order chi connectivity index (χ1) is 8.25. The maximum Gasteiger partial charge on any atom is 0.103 e. The van der Waals surface area contributed by atoms with Crippen LogP contribution in [-0.2, 0) is 4.74 Å². The van der Waals surface area contributed by atoms with Crippen LogP contribution in [0.1, 0.15) is 18.4 Å². The monoisotopic (exact) mass is 250 g/mol. The fourth-order valence-corrected chi connectivity index (χ4v) is 2.10. The average molecular weight is 250 g/mol. The number of thiocarbonyl (C=S) groups is 1. The van der Waals surface area contributed by atoms with Gasteiger partial charge in [-0.25, -0.2) is 0 Å². The summed E-state index contributed by atoms with van der Waals surface area (Å²) < 4.78 is 5.34. The second kappa shape index (κ2) is 5.98. The lowest BCUT2D eigenvalue weighted by Crippen LogP contribution is -2.22. The van der Waals surface area contributed by atoms with Crippen molar-refractivity contribution >= 4 is 22.9 Å². The first-order valence-electron chi connectivity index (χ1n) is 5.97. The highest BCUT2D eigenvalue weighted by Crippen LogP contribution is 2.16. The summed E-state index contributed by atoms with van der Waals surface area (Å²) in [5.41, 5.74) is 7.59. The van der Waals surface area contributed by atoms with Gasteiger partial charge in [0, 0.05) is 31.0 Å². The second-order valence-electron chi connectivity index (χ2n) is 4.38. The van der Waals surface area contributed by atoms with Crippen LogP contribution >= 0.6 is 12.2 Å². The fraction of sp³-hybridized carbons (Fsp3) is 0.462. The number of rotatable bonds is 4. The Morgan fingerprint density at radius 2 is 1.94 bits per heavy atom. The molecule has 0 aromatic heterocycles. The number of nitrogens with one attached hydrogen (secondary N) is 1. The van der Waals surface area contributed by atoms with Crippen molar-refractivity contribution < 1.29 is 4.74 Å². The zero-order valence-corrected chi connectivity index (χ0v) is 10.6. The minimum atomic E-state index is 0.445. The van der Waals surface area contributed by atoms with Crippen molar-refractivity contribution in [2.75, 3.05) is 25.1 Å². The summed E-state index contributed by atoms with van der Waals surface area (Å²) in [6.45, 7) is 2.80. The van der Waals surface area contributed by atoms with Gasteiger partial charge in [-0.1, -0.05) is 12.2 Å². The van der Waals surface area contributed by atoms with Gasteiger partial charge >= 0.3 is 0 Å².